The number of pyridine rings is 1. The van der Waals surface area contributed by atoms with Crippen molar-refractivity contribution in [3.8, 4) is 0 Å². The van der Waals surface area contributed by atoms with Crippen LogP contribution in [0.15, 0.2) is 23.0 Å². The van der Waals surface area contributed by atoms with E-state index >= 15 is 0 Å². The molecule has 1 aliphatic heterocycles. The van der Waals surface area contributed by atoms with Gasteiger partial charge in [-0.3, -0.25) is 9.59 Å². The summed E-state index contributed by atoms with van der Waals surface area (Å²) >= 11 is 0. The van der Waals surface area contributed by atoms with Gasteiger partial charge in [0.15, 0.2) is 0 Å². The fraction of sp³-hybridized carbons (Fsp3) is 0.720. The van der Waals surface area contributed by atoms with Crippen LogP contribution in [0.4, 0.5) is 13.2 Å². The number of aromatic nitrogens is 1. The quantitative estimate of drug-likeness (QED) is 0.198. The number of halogens is 3. The number of carbonyl (C=O) groups is 2. The number of amides is 1. The lowest BCUT2D eigenvalue weighted by Gasteiger charge is -2.29. The third-order valence-corrected chi connectivity index (χ3v) is 4.23. The van der Waals surface area contributed by atoms with E-state index in [0.717, 1.165) is 18.2 Å². The number of aromatic amines is 1. The fourth-order valence-corrected chi connectivity index (χ4v) is 2.51. The SMILES string of the molecule is CC.CC(C)(C)OC(=O)COCCOCCNC=O.CC1OCCC(O)C1O.O=c1cccc(C(F)(F)F)[nH]1. The van der Waals surface area contributed by atoms with Crippen LogP contribution >= 0.6 is 0 Å². The number of hydrogen-bond donors (Lipinski definition) is 4. The van der Waals surface area contributed by atoms with Crippen molar-refractivity contribution in [2.75, 3.05) is 39.6 Å². The van der Waals surface area contributed by atoms with E-state index in [1.165, 1.54) is 0 Å². The lowest BCUT2D eigenvalue weighted by atomic mass is 10.0. The van der Waals surface area contributed by atoms with Gasteiger partial charge in [-0.05, 0) is 40.2 Å². The van der Waals surface area contributed by atoms with Crippen molar-refractivity contribution in [1.29, 1.82) is 0 Å². The van der Waals surface area contributed by atoms with Crippen LogP contribution < -0.4 is 10.9 Å². The van der Waals surface area contributed by atoms with Crippen LogP contribution in [0.3, 0.4) is 0 Å². The molecule has 1 fully saturated rings. The van der Waals surface area contributed by atoms with Gasteiger partial charge in [-0.1, -0.05) is 19.9 Å². The Balaban J connectivity index is 0. The van der Waals surface area contributed by atoms with Gasteiger partial charge in [0.25, 0.3) is 0 Å². The number of rotatable bonds is 9. The summed E-state index contributed by atoms with van der Waals surface area (Å²) in [7, 11) is 0. The molecule has 0 bridgehead atoms. The van der Waals surface area contributed by atoms with Crippen LogP contribution in [0.5, 0.6) is 0 Å². The molecule has 3 atom stereocenters. The van der Waals surface area contributed by atoms with Crippen LogP contribution in [0.2, 0.25) is 0 Å². The van der Waals surface area contributed by atoms with Crippen LogP contribution in [-0.4, -0.2) is 91.1 Å². The van der Waals surface area contributed by atoms with Gasteiger partial charge in [-0.15, -0.1) is 0 Å². The molecule has 0 saturated carbocycles. The van der Waals surface area contributed by atoms with E-state index in [1.807, 2.05) is 13.8 Å². The Labute approximate surface area is 227 Å². The largest absolute Gasteiger partial charge is 0.458 e. The van der Waals surface area contributed by atoms with Crippen molar-refractivity contribution < 1.29 is 51.9 Å². The van der Waals surface area contributed by atoms with E-state index in [4.69, 9.17) is 29.2 Å². The second-order valence-corrected chi connectivity index (χ2v) is 8.67. The summed E-state index contributed by atoms with van der Waals surface area (Å²) in [6.07, 6.45) is -4.81. The normalized spacial score (nSPS) is 18.6. The minimum atomic E-state index is -4.47. The van der Waals surface area contributed by atoms with Crippen LogP contribution in [-0.2, 0) is 34.7 Å². The maximum Gasteiger partial charge on any atom is 0.431 e. The molecule has 2 rings (SSSR count). The molecule has 2 heterocycles. The molecule has 0 spiro atoms. The minimum absolute atomic E-state index is 0.0762. The number of carbonyl (C=O) groups excluding carboxylic acids is 2. The smallest absolute Gasteiger partial charge is 0.431 e. The van der Waals surface area contributed by atoms with E-state index in [9.17, 15) is 27.6 Å². The molecule has 0 radical (unpaired) electrons. The molecule has 11 nitrogen and oxygen atoms in total. The first-order chi connectivity index (χ1) is 18.2. The van der Waals surface area contributed by atoms with Crippen molar-refractivity contribution in [3.63, 3.8) is 0 Å². The number of hydrogen-bond acceptors (Lipinski definition) is 9. The molecule has 0 aliphatic carbocycles. The lowest BCUT2D eigenvalue weighted by Crippen LogP contribution is -2.42. The molecule has 1 aliphatic rings. The molecule has 1 saturated heterocycles. The van der Waals surface area contributed by atoms with Crippen LogP contribution in [0.25, 0.3) is 0 Å². The first-order valence-electron chi connectivity index (χ1n) is 12.5. The lowest BCUT2D eigenvalue weighted by molar-refractivity contribution is -0.160. The Bertz CT molecular complexity index is 820. The number of nitrogens with one attached hydrogen (secondary N) is 2. The minimum Gasteiger partial charge on any atom is -0.458 e. The average molecular weight is 573 g/mol. The maximum atomic E-state index is 11.8. The number of H-pyrrole nitrogens is 1. The number of ether oxygens (including phenoxy) is 4. The zero-order chi connectivity index (χ0) is 30.5. The summed E-state index contributed by atoms with van der Waals surface area (Å²) in [5.41, 5.74) is -2.26. The first kappa shape index (κ1) is 38.6. The summed E-state index contributed by atoms with van der Waals surface area (Å²) in [4.78, 5) is 33.1. The zero-order valence-electron chi connectivity index (χ0n) is 23.4. The highest BCUT2D eigenvalue weighted by Gasteiger charge is 2.31. The maximum absolute atomic E-state index is 11.8. The molecule has 1 amide bonds. The fourth-order valence-electron chi connectivity index (χ4n) is 2.51. The molecule has 14 heteroatoms. The Morgan fingerprint density at radius 1 is 1.15 bits per heavy atom. The zero-order valence-corrected chi connectivity index (χ0v) is 23.4. The van der Waals surface area contributed by atoms with Crippen LogP contribution in [0.1, 0.15) is 53.7 Å². The second-order valence-electron chi connectivity index (χ2n) is 8.67. The summed E-state index contributed by atoms with van der Waals surface area (Å²) in [5.74, 6) is -0.389. The van der Waals surface area contributed by atoms with Crippen molar-refractivity contribution in [1.82, 2.24) is 10.3 Å². The Kier molecular flexibility index (Phi) is 21.1. The monoisotopic (exact) mass is 572 g/mol. The van der Waals surface area contributed by atoms with Gasteiger partial charge in [0, 0.05) is 19.2 Å². The first-order valence-corrected chi connectivity index (χ1v) is 12.5. The number of aliphatic hydroxyl groups excluding tert-OH is 2. The molecule has 39 heavy (non-hydrogen) atoms. The third kappa shape index (κ3) is 22.0. The second kappa shape index (κ2) is 21.3. The van der Waals surface area contributed by atoms with Gasteiger partial charge < -0.3 is 39.5 Å². The Hall–Kier alpha value is -2.52. The number of alkyl halides is 3. The average Bonchev–Trinajstić information content (AvgIpc) is 2.85. The van der Waals surface area contributed by atoms with E-state index in [2.05, 4.69) is 5.32 Å². The molecule has 0 aromatic carbocycles. The van der Waals surface area contributed by atoms with Gasteiger partial charge >= 0.3 is 12.1 Å². The van der Waals surface area contributed by atoms with Gasteiger partial charge in [-0.25, -0.2) is 4.79 Å². The van der Waals surface area contributed by atoms with Crippen LogP contribution in [0, 0.1) is 0 Å². The molecular weight excluding hydrogens is 529 g/mol. The van der Waals surface area contributed by atoms with Gasteiger partial charge in [0.1, 0.15) is 24.0 Å². The van der Waals surface area contributed by atoms with Crippen molar-refractivity contribution in [2.24, 2.45) is 0 Å². The van der Waals surface area contributed by atoms with Crippen molar-refractivity contribution in [2.45, 2.75) is 78.1 Å². The summed E-state index contributed by atoms with van der Waals surface area (Å²) in [6, 6.07) is 2.89. The highest BCUT2D eigenvalue weighted by atomic mass is 19.4. The summed E-state index contributed by atoms with van der Waals surface area (Å²) in [5, 5.41) is 20.6. The summed E-state index contributed by atoms with van der Waals surface area (Å²) in [6.45, 7) is 13.2. The van der Waals surface area contributed by atoms with Gasteiger partial charge in [-0.2, -0.15) is 13.2 Å². The predicted molar refractivity (Wildman–Crippen MR) is 137 cm³/mol. The number of aliphatic hydroxyl groups is 2. The Morgan fingerprint density at radius 3 is 2.23 bits per heavy atom. The Morgan fingerprint density at radius 2 is 1.77 bits per heavy atom. The standard InChI is InChI=1S/C11H21NO5.C6H4F3NO.C6H12O3.C2H6/c1-11(2,3)17-10(14)8-16-7-6-15-5-4-12-9-13;7-6(8,9)4-2-1-3-5(11)10-4;1-4-6(8)5(7)2-3-9-4;1-2/h9H,4-8H2,1-3H3,(H,12,13);1-3H,(H,10,11);4-8H,2-3H2,1H3;1-2H3. The van der Waals surface area contributed by atoms with Gasteiger partial charge in [0.05, 0.1) is 32.0 Å². The van der Waals surface area contributed by atoms with Crippen molar-refractivity contribution in [3.05, 3.63) is 34.2 Å². The molecular formula is C25H43F3N2O9. The molecule has 1 aromatic heterocycles. The van der Waals surface area contributed by atoms with Crippen molar-refractivity contribution >= 4 is 12.4 Å². The van der Waals surface area contributed by atoms with E-state index in [0.29, 0.717) is 45.8 Å². The van der Waals surface area contributed by atoms with E-state index in [-0.39, 0.29) is 18.7 Å². The van der Waals surface area contributed by atoms with E-state index < -0.39 is 35.2 Å². The third-order valence-electron chi connectivity index (χ3n) is 4.23. The summed E-state index contributed by atoms with van der Waals surface area (Å²) < 4.78 is 55.7. The highest BCUT2D eigenvalue weighted by Crippen LogP contribution is 2.25. The predicted octanol–water partition coefficient (Wildman–Crippen LogP) is 2.04. The van der Waals surface area contributed by atoms with Gasteiger partial charge in [0.2, 0.25) is 12.0 Å². The molecule has 1 aromatic rings. The molecule has 228 valence electrons. The topological polar surface area (TPSA) is 156 Å². The van der Waals surface area contributed by atoms with E-state index in [1.54, 1.807) is 32.7 Å². The number of esters is 1. The molecule has 3 unspecified atom stereocenters. The highest BCUT2D eigenvalue weighted by molar-refractivity contribution is 5.71. The molecule has 4 N–H and O–H groups in total.